The molecule has 1 aromatic heterocycles. The predicted octanol–water partition coefficient (Wildman–Crippen LogP) is 2.11. The van der Waals surface area contributed by atoms with Gasteiger partial charge in [0.05, 0.1) is 18.4 Å². The Bertz CT molecular complexity index is 610. The smallest absolute Gasteiger partial charge is 0.163 e. The van der Waals surface area contributed by atoms with Crippen LogP contribution in [0.4, 0.5) is 0 Å². The average molecular weight is 255 g/mol. The fourth-order valence-corrected chi connectivity index (χ4v) is 2.35. The van der Waals surface area contributed by atoms with Crippen LogP contribution in [0.15, 0.2) is 24.4 Å². The lowest BCUT2D eigenvalue weighted by Crippen LogP contribution is -2.25. The highest BCUT2D eigenvalue weighted by molar-refractivity contribution is 5.65. The third kappa shape index (κ3) is 2.31. The molecule has 1 N–H and O–H groups in total. The van der Waals surface area contributed by atoms with E-state index in [9.17, 15) is 0 Å². The van der Waals surface area contributed by atoms with E-state index in [4.69, 9.17) is 9.72 Å². The molecule has 0 aliphatic carbocycles. The molecule has 3 rings (SSSR count). The quantitative estimate of drug-likeness (QED) is 0.892. The summed E-state index contributed by atoms with van der Waals surface area (Å²) in [6, 6.07) is 6.10. The van der Waals surface area contributed by atoms with Crippen LogP contribution >= 0.6 is 0 Å². The topological polar surface area (TPSA) is 47.0 Å². The standard InChI is InChI=1S/C15H17N3O/c1-10-3-4-12(14(7-10)19-2)15-17-9-11-8-16-6-5-13(11)18-15/h3-4,7,9,16H,5-6,8H2,1-2H3. The van der Waals surface area contributed by atoms with Crippen molar-refractivity contribution in [3.8, 4) is 17.1 Å². The van der Waals surface area contributed by atoms with Crippen LogP contribution in [0.25, 0.3) is 11.4 Å². The van der Waals surface area contributed by atoms with Gasteiger partial charge in [0.15, 0.2) is 5.82 Å². The Labute approximate surface area is 112 Å². The number of nitrogens with one attached hydrogen (secondary N) is 1. The van der Waals surface area contributed by atoms with Gasteiger partial charge in [0.2, 0.25) is 0 Å². The lowest BCUT2D eigenvalue weighted by Gasteiger charge is -2.16. The Morgan fingerprint density at radius 1 is 1.32 bits per heavy atom. The van der Waals surface area contributed by atoms with Crippen molar-refractivity contribution in [3.63, 3.8) is 0 Å². The molecule has 2 aromatic rings. The fourth-order valence-electron chi connectivity index (χ4n) is 2.35. The van der Waals surface area contributed by atoms with E-state index in [0.29, 0.717) is 0 Å². The molecule has 0 fully saturated rings. The molecule has 0 radical (unpaired) electrons. The molecule has 0 saturated carbocycles. The zero-order valence-electron chi connectivity index (χ0n) is 11.2. The molecule has 0 bridgehead atoms. The van der Waals surface area contributed by atoms with Gasteiger partial charge in [-0.1, -0.05) is 6.07 Å². The first kappa shape index (κ1) is 12.1. The average Bonchev–Trinajstić information content (AvgIpc) is 2.46. The number of ether oxygens (including phenoxy) is 1. The summed E-state index contributed by atoms with van der Waals surface area (Å²) in [5.74, 6) is 1.58. The molecule has 1 aromatic carbocycles. The first-order valence-corrected chi connectivity index (χ1v) is 6.48. The molecular weight excluding hydrogens is 238 g/mol. The van der Waals surface area contributed by atoms with Crippen molar-refractivity contribution in [2.24, 2.45) is 0 Å². The molecule has 19 heavy (non-hydrogen) atoms. The predicted molar refractivity (Wildman–Crippen MR) is 74.2 cm³/mol. The second-order valence-corrected chi connectivity index (χ2v) is 4.80. The number of hydrogen-bond donors (Lipinski definition) is 1. The van der Waals surface area contributed by atoms with Gasteiger partial charge in [-0.2, -0.15) is 0 Å². The summed E-state index contributed by atoms with van der Waals surface area (Å²) in [6.07, 6.45) is 2.88. The number of nitrogens with zero attached hydrogens (tertiary/aromatic N) is 2. The largest absolute Gasteiger partial charge is 0.496 e. The number of fused-ring (bicyclic) bond motifs is 1. The molecule has 0 atom stereocenters. The van der Waals surface area contributed by atoms with Gasteiger partial charge in [-0.3, -0.25) is 0 Å². The third-order valence-corrected chi connectivity index (χ3v) is 3.41. The maximum atomic E-state index is 5.43. The van der Waals surface area contributed by atoms with Crippen LogP contribution in [0, 0.1) is 6.92 Å². The van der Waals surface area contributed by atoms with Crippen molar-refractivity contribution >= 4 is 0 Å². The monoisotopic (exact) mass is 255 g/mol. The van der Waals surface area contributed by atoms with Gasteiger partial charge in [-0.05, 0) is 24.6 Å². The highest BCUT2D eigenvalue weighted by Crippen LogP contribution is 2.29. The molecule has 0 unspecified atom stereocenters. The first-order valence-electron chi connectivity index (χ1n) is 6.48. The van der Waals surface area contributed by atoms with Gasteiger partial charge in [0, 0.05) is 31.3 Å². The number of benzene rings is 1. The van der Waals surface area contributed by atoms with E-state index in [0.717, 1.165) is 42.3 Å². The Morgan fingerprint density at radius 3 is 3.05 bits per heavy atom. The number of methoxy groups -OCH3 is 1. The Kier molecular flexibility index (Phi) is 3.17. The van der Waals surface area contributed by atoms with Gasteiger partial charge >= 0.3 is 0 Å². The van der Waals surface area contributed by atoms with Crippen molar-refractivity contribution in [2.45, 2.75) is 19.9 Å². The second kappa shape index (κ2) is 4.97. The van der Waals surface area contributed by atoms with E-state index in [1.807, 2.05) is 25.3 Å². The highest BCUT2D eigenvalue weighted by atomic mass is 16.5. The summed E-state index contributed by atoms with van der Waals surface area (Å²) in [5.41, 5.74) is 4.46. The number of aromatic nitrogens is 2. The van der Waals surface area contributed by atoms with E-state index in [1.165, 1.54) is 11.1 Å². The Balaban J connectivity index is 2.07. The molecule has 0 saturated heterocycles. The fraction of sp³-hybridized carbons (Fsp3) is 0.333. The zero-order chi connectivity index (χ0) is 13.2. The lowest BCUT2D eigenvalue weighted by atomic mass is 10.1. The third-order valence-electron chi connectivity index (χ3n) is 3.41. The zero-order valence-corrected chi connectivity index (χ0v) is 11.2. The van der Waals surface area contributed by atoms with E-state index < -0.39 is 0 Å². The minimum absolute atomic E-state index is 0.748. The number of rotatable bonds is 2. The Morgan fingerprint density at radius 2 is 2.21 bits per heavy atom. The molecule has 98 valence electrons. The van der Waals surface area contributed by atoms with Crippen LogP contribution in [-0.4, -0.2) is 23.6 Å². The summed E-state index contributed by atoms with van der Waals surface area (Å²) >= 11 is 0. The van der Waals surface area contributed by atoms with E-state index in [-0.39, 0.29) is 0 Å². The summed E-state index contributed by atoms with van der Waals surface area (Å²) in [6.45, 7) is 3.89. The van der Waals surface area contributed by atoms with Crippen LogP contribution in [-0.2, 0) is 13.0 Å². The molecule has 4 heteroatoms. The minimum Gasteiger partial charge on any atom is -0.496 e. The van der Waals surface area contributed by atoms with Gasteiger partial charge in [0.25, 0.3) is 0 Å². The molecule has 4 nitrogen and oxygen atoms in total. The Hall–Kier alpha value is -1.94. The summed E-state index contributed by atoms with van der Waals surface area (Å²) in [5, 5.41) is 3.33. The van der Waals surface area contributed by atoms with Crippen molar-refractivity contribution in [3.05, 3.63) is 41.2 Å². The maximum Gasteiger partial charge on any atom is 0.163 e. The minimum atomic E-state index is 0.748. The number of aryl methyl sites for hydroxylation is 1. The van der Waals surface area contributed by atoms with Crippen LogP contribution in [0.5, 0.6) is 5.75 Å². The van der Waals surface area contributed by atoms with Gasteiger partial charge in [0.1, 0.15) is 5.75 Å². The summed E-state index contributed by atoms with van der Waals surface area (Å²) in [7, 11) is 1.68. The number of hydrogen-bond acceptors (Lipinski definition) is 4. The van der Waals surface area contributed by atoms with Gasteiger partial charge in [-0.25, -0.2) is 9.97 Å². The van der Waals surface area contributed by atoms with Crippen molar-refractivity contribution in [2.75, 3.05) is 13.7 Å². The van der Waals surface area contributed by atoms with E-state index in [2.05, 4.69) is 16.4 Å². The molecular formula is C15H17N3O. The van der Waals surface area contributed by atoms with Crippen molar-refractivity contribution in [1.29, 1.82) is 0 Å². The molecule has 2 heterocycles. The molecule has 0 spiro atoms. The van der Waals surface area contributed by atoms with Gasteiger partial charge in [-0.15, -0.1) is 0 Å². The normalized spacial score (nSPS) is 14.0. The van der Waals surface area contributed by atoms with Crippen LogP contribution in [0.3, 0.4) is 0 Å². The molecule has 1 aliphatic heterocycles. The van der Waals surface area contributed by atoms with Gasteiger partial charge < -0.3 is 10.1 Å². The first-order chi connectivity index (χ1) is 9.28. The highest BCUT2D eigenvalue weighted by Gasteiger charge is 2.14. The summed E-state index contributed by atoms with van der Waals surface area (Å²) < 4.78 is 5.43. The van der Waals surface area contributed by atoms with Crippen LogP contribution in [0.2, 0.25) is 0 Å². The lowest BCUT2D eigenvalue weighted by molar-refractivity contribution is 0.416. The second-order valence-electron chi connectivity index (χ2n) is 4.80. The molecule has 0 amide bonds. The maximum absolute atomic E-state index is 5.43. The van der Waals surface area contributed by atoms with Crippen molar-refractivity contribution < 1.29 is 4.74 Å². The van der Waals surface area contributed by atoms with Crippen molar-refractivity contribution in [1.82, 2.24) is 15.3 Å². The van der Waals surface area contributed by atoms with E-state index in [1.54, 1.807) is 7.11 Å². The van der Waals surface area contributed by atoms with Crippen LogP contribution in [0.1, 0.15) is 16.8 Å². The SMILES string of the molecule is COc1cc(C)ccc1-c1ncc2c(n1)CCNC2. The molecule has 1 aliphatic rings. The summed E-state index contributed by atoms with van der Waals surface area (Å²) in [4.78, 5) is 9.16. The van der Waals surface area contributed by atoms with Crippen LogP contribution < -0.4 is 10.1 Å². The van der Waals surface area contributed by atoms with E-state index >= 15 is 0 Å².